The Balaban J connectivity index is 1.79. The third-order valence-corrected chi connectivity index (χ3v) is 6.42. The van der Waals surface area contributed by atoms with Crippen molar-refractivity contribution in [1.82, 2.24) is 5.09 Å². The first kappa shape index (κ1) is 12.1. The molecule has 1 heterocycles. The molecule has 3 rings (SSSR count). The van der Waals surface area contributed by atoms with E-state index in [2.05, 4.69) is 80.7 Å². The highest BCUT2D eigenvalue weighted by atomic mass is 127. The van der Waals surface area contributed by atoms with Crippen LogP contribution in [-0.2, 0) is 6.54 Å². The number of nitrogens with one attached hydrogen (secondary N) is 1. The highest BCUT2D eigenvalue weighted by Gasteiger charge is 2.17. The van der Waals surface area contributed by atoms with Gasteiger partial charge in [-0.25, -0.2) is 0 Å². The van der Waals surface area contributed by atoms with Crippen LogP contribution in [-0.4, -0.2) is 5.84 Å². The van der Waals surface area contributed by atoms with Crippen LogP contribution in [0.3, 0.4) is 0 Å². The van der Waals surface area contributed by atoms with E-state index in [9.17, 15) is 0 Å². The minimum atomic E-state index is -0.422. The number of benzene rings is 2. The minimum absolute atomic E-state index is 0.422. The van der Waals surface area contributed by atoms with Crippen LogP contribution >= 0.6 is 27.8 Å². The standard InChI is InChI=1S/C14H12IN2P/c15-18(12-7-2-1-3-8-12)17-14-13-9-5-4-6-11(13)10-16-14/h1-9H,10H2,(H,16,17). The van der Waals surface area contributed by atoms with Crippen molar-refractivity contribution in [1.29, 1.82) is 0 Å². The molecule has 1 unspecified atom stereocenters. The Kier molecular flexibility index (Phi) is 3.62. The van der Waals surface area contributed by atoms with Crippen LogP contribution in [0.5, 0.6) is 0 Å². The van der Waals surface area contributed by atoms with Crippen LogP contribution in [0.25, 0.3) is 0 Å². The molecule has 0 fully saturated rings. The molecule has 18 heavy (non-hydrogen) atoms. The first-order valence-corrected chi connectivity index (χ1v) is 9.87. The summed E-state index contributed by atoms with van der Waals surface area (Å²) in [5.74, 6) is 1.04. The lowest BCUT2D eigenvalue weighted by Crippen LogP contribution is -2.20. The Hall–Kier alpha value is -0.930. The van der Waals surface area contributed by atoms with Gasteiger partial charge < -0.3 is 5.09 Å². The summed E-state index contributed by atoms with van der Waals surface area (Å²) in [4.78, 5) is 4.59. The fourth-order valence-electron chi connectivity index (χ4n) is 1.95. The summed E-state index contributed by atoms with van der Waals surface area (Å²) in [6.45, 7) is 0.799. The zero-order valence-electron chi connectivity index (χ0n) is 9.68. The van der Waals surface area contributed by atoms with Crippen molar-refractivity contribution < 1.29 is 0 Å². The van der Waals surface area contributed by atoms with Crippen molar-refractivity contribution in [2.75, 3.05) is 0 Å². The van der Waals surface area contributed by atoms with E-state index in [-0.39, 0.29) is 0 Å². The fraction of sp³-hybridized carbons (Fsp3) is 0.0714. The molecule has 0 amide bonds. The van der Waals surface area contributed by atoms with Crippen molar-refractivity contribution in [3.05, 3.63) is 65.7 Å². The van der Waals surface area contributed by atoms with Crippen LogP contribution in [0.2, 0.25) is 0 Å². The molecule has 0 spiro atoms. The van der Waals surface area contributed by atoms with Gasteiger partial charge in [0.2, 0.25) is 0 Å². The Morgan fingerprint density at radius 3 is 2.56 bits per heavy atom. The lowest BCUT2D eigenvalue weighted by molar-refractivity contribution is 1.10. The smallest absolute Gasteiger partial charge is 0.133 e. The molecule has 1 aliphatic heterocycles. The normalized spacial score (nSPS) is 14.8. The van der Waals surface area contributed by atoms with E-state index in [0.29, 0.717) is 0 Å². The van der Waals surface area contributed by atoms with E-state index >= 15 is 0 Å². The lowest BCUT2D eigenvalue weighted by Gasteiger charge is -2.14. The largest absolute Gasteiger partial charge is 0.337 e. The van der Waals surface area contributed by atoms with Gasteiger partial charge in [0.1, 0.15) is 5.84 Å². The molecule has 90 valence electrons. The summed E-state index contributed by atoms with van der Waals surface area (Å²) >= 11 is 2.47. The maximum Gasteiger partial charge on any atom is 0.133 e. The van der Waals surface area contributed by atoms with Crippen LogP contribution in [0.1, 0.15) is 11.1 Å². The monoisotopic (exact) mass is 366 g/mol. The maximum absolute atomic E-state index is 4.59. The van der Waals surface area contributed by atoms with E-state index in [4.69, 9.17) is 0 Å². The predicted octanol–water partition coefficient (Wildman–Crippen LogP) is 3.61. The second kappa shape index (κ2) is 5.37. The quantitative estimate of drug-likeness (QED) is 0.638. The summed E-state index contributed by atoms with van der Waals surface area (Å²) in [6.07, 6.45) is 0. The number of halogens is 1. The van der Waals surface area contributed by atoms with Crippen molar-refractivity contribution in [2.24, 2.45) is 4.99 Å². The van der Waals surface area contributed by atoms with Crippen LogP contribution < -0.4 is 10.4 Å². The third-order valence-electron chi connectivity index (χ3n) is 2.87. The molecule has 0 radical (unpaired) electrons. The summed E-state index contributed by atoms with van der Waals surface area (Å²) < 4.78 is 0. The number of fused-ring (bicyclic) bond motifs is 1. The SMILES string of the molecule is IP(NC1=NCc2ccccc21)c1ccccc1. The number of aliphatic imine (C=N–C) groups is 1. The van der Waals surface area contributed by atoms with Gasteiger partial charge in [0.25, 0.3) is 0 Å². The topological polar surface area (TPSA) is 24.4 Å². The van der Waals surface area contributed by atoms with E-state index in [1.807, 2.05) is 6.07 Å². The zero-order chi connectivity index (χ0) is 12.4. The van der Waals surface area contributed by atoms with Gasteiger partial charge in [-0.2, -0.15) is 0 Å². The van der Waals surface area contributed by atoms with Crippen molar-refractivity contribution in [3.63, 3.8) is 0 Å². The Morgan fingerprint density at radius 1 is 1.00 bits per heavy atom. The first-order chi connectivity index (χ1) is 8.84. The summed E-state index contributed by atoms with van der Waals surface area (Å²) in [5, 5.41) is 4.89. The number of amidine groups is 1. The number of hydrogen-bond donors (Lipinski definition) is 1. The zero-order valence-corrected chi connectivity index (χ0v) is 12.7. The van der Waals surface area contributed by atoms with Crippen LogP contribution in [0.15, 0.2) is 59.6 Å². The van der Waals surface area contributed by atoms with E-state index in [1.54, 1.807) is 0 Å². The number of nitrogens with zero attached hydrogens (tertiary/aromatic N) is 1. The van der Waals surface area contributed by atoms with Crippen molar-refractivity contribution in [2.45, 2.75) is 6.54 Å². The second-order valence-corrected chi connectivity index (χ2v) is 8.25. The summed E-state index contributed by atoms with van der Waals surface area (Å²) in [6, 6.07) is 18.9. The van der Waals surface area contributed by atoms with E-state index in [1.165, 1.54) is 16.4 Å². The van der Waals surface area contributed by atoms with Crippen LogP contribution in [0.4, 0.5) is 0 Å². The summed E-state index contributed by atoms with van der Waals surface area (Å²) in [7, 11) is 0. The van der Waals surface area contributed by atoms with Gasteiger partial charge in [0.05, 0.1) is 12.3 Å². The maximum atomic E-state index is 4.59. The van der Waals surface area contributed by atoms with Crippen molar-refractivity contribution in [3.8, 4) is 0 Å². The van der Waals surface area contributed by atoms with Gasteiger partial charge in [-0.15, -0.1) is 0 Å². The molecule has 0 aliphatic carbocycles. The third kappa shape index (κ3) is 2.43. The highest BCUT2D eigenvalue weighted by molar-refractivity contribution is 14.2. The van der Waals surface area contributed by atoms with Gasteiger partial charge in [-0.3, -0.25) is 4.99 Å². The van der Waals surface area contributed by atoms with E-state index in [0.717, 1.165) is 12.4 Å². The van der Waals surface area contributed by atoms with Gasteiger partial charge in [0, 0.05) is 10.9 Å². The molecule has 2 nitrogen and oxygen atoms in total. The molecule has 0 saturated heterocycles. The lowest BCUT2D eigenvalue weighted by atomic mass is 10.1. The molecule has 0 saturated carbocycles. The molecule has 0 bridgehead atoms. The predicted molar refractivity (Wildman–Crippen MR) is 86.8 cm³/mol. The molecule has 1 atom stereocenters. The molecule has 4 heteroatoms. The van der Waals surface area contributed by atoms with Crippen molar-refractivity contribution >= 4 is 38.9 Å². The van der Waals surface area contributed by atoms with Gasteiger partial charge in [-0.05, 0) is 27.6 Å². The fourth-order valence-corrected chi connectivity index (χ4v) is 4.54. The number of rotatable bonds is 2. The van der Waals surface area contributed by atoms with Gasteiger partial charge >= 0.3 is 0 Å². The van der Waals surface area contributed by atoms with E-state index < -0.39 is 5.71 Å². The molecular weight excluding hydrogens is 354 g/mol. The highest BCUT2D eigenvalue weighted by Crippen LogP contribution is 2.40. The molecule has 1 aliphatic rings. The average molecular weight is 366 g/mol. The second-order valence-electron chi connectivity index (χ2n) is 4.05. The first-order valence-electron chi connectivity index (χ1n) is 5.75. The molecule has 1 N–H and O–H groups in total. The van der Waals surface area contributed by atoms with Crippen LogP contribution in [0, 0.1) is 0 Å². The Labute approximate surface area is 121 Å². The Bertz CT molecular complexity index is 583. The van der Waals surface area contributed by atoms with Gasteiger partial charge in [0.15, 0.2) is 0 Å². The Morgan fingerprint density at radius 2 is 1.72 bits per heavy atom. The average Bonchev–Trinajstić information content (AvgIpc) is 2.83. The molecule has 2 aromatic rings. The molecule has 2 aromatic carbocycles. The minimum Gasteiger partial charge on any atom is -0.337 e. The molecule has 0 aromatic heterocycles. The molecular formula is C14H12IN2P. The number of hydrogen-bond acceptors (Lipinski definition) is 2. The van der Waals surface area contributed by atoms with Gasteiger partial charge in [-0.1, -0.05) is 54.6 Å². The summed E-state index contributed by atoms with van der Waals surface area (Å²) in [5.41, 5.74) is 2.14.